The first-order valence-electron chi connectivity index (χ1n) is 11.3. The standard InChI is InChI=1S/C24H35NO4/c1-3-4-5-6-22(28)25-20-12-17-16(15-8-7-14(26)11-18(15)20)9-10-24(2)19(17)13-21(27)23(24)29/h7-8,11,16-17,19-21,23,26-27,29H,3-6,9-10,12-13H2,1-2H3,(H,25,28)/t16-,17-,19+,20+,21-,23+,24+/m1/s1. The first-order valence-corrected chi connectivity index (χ1v) is 11.3. The van der Waals surface area contributed by atoms with Crippen molar-refractivity contribution in [2.24, 2.45) is 17.3 Å². The summed E-state index contributed by atoms with van der Waals surface area (Å²) in [5, 5.41) is 34.4. The number of fused-ring (bicyclic) bond motifs is 5. The second-order valence-electron chi connectivity index (χ2n) is 9.80. The Morgan fingerprint density at radius 2 is 2.00 bits per heavy atom. The number of rotatable bonds is 5. The second kappa shape index (κ2) is 7.92. The predicted molar refractivity (Wildman–Crippen MR) is 111 cm³/mol. The Labute approximate surface area is 173 Å². The van der Waals surface area contributed by atoms with Crippen LogP contribution in [0.15, 0.2) is 18.2 Å². The average Bonchev–Trinajstić information content (AvgIpc) is 2.92. The van der Waals surface area contributed by atoms with E-state index in [1.165, 1.54) is 5.56 Å². The van der Waals surface area contributed by atoms with Gasteiger partial charge in [-0.25, -0.2) is 0 Å². The molecule has 5 nitrogen and oxygen atoms in total. The Balaban J connectivity index is 1.62. The summed E-state index contributed by atoms with van der Waals surface area (Å²) in [5.41, 5.74) is 2.00. The van der Waals surface area contributed by atoms with Crippen LogP contribution < -0.4 is 5.32 Å². The number of nitrogens with one attached hydrogen (secondary N) is 1. The van der Waals surface area contributed by atoms with Gasteiger partial charge in [0.1, 0.15) is 5.75 Å². The highest BCUT2D eigenvalue weighted by Gasteiger charge is 2.58. The summed E-state index contributed by atoms with van der Waals surface area (Å²) in [4.78, 5) is 12.6. The van der Waals surface area contributed by atoms with Gasteiger partial charge in [-0.3, -0.25) is 4.79 Å². The molecule has 7 atom stereocenters. The first-order chi connectivity index (χ1) is 13.8. The van der Waals surface area contributed by atoms with E-state index in [1.54, 1.807) is 6.07 Å². The monoisotopic (exact) mass is 401 g/mol. The van der Waals surface area contributed by atoms with Crippen LogP contribution in [0.3, 0.4) is 0 Å². The zero-order valence-electron chi connectivity index (χ0n) is 17.6. The van der Waals surface area contributed by atoms with Gasteiger partial charge in [0.15, 0.2) is 0 Å². The number of carbonyl (C=O) groups is 1. The maximum atomic E-state index is 12.6. The van der Waals surface area contributed by atoms with Crippen molar-refractivity contribution in [2.75, 3.05) is 0 Å². The number of phenols is 1. The summed E-state index contributed by atoms with van der Waals surface area (Å²) in [5.74, 6) is 1.22. The molecule has 5 heteroatoms. The maximum Gasteiger partial charge on any atom is 0.220 e. The van der Waals surface area contributed by atoms with E-state index >= 15 is 0 Å². The topological polar surface area (TPSA) is 89.8 Å². The summed E-state index contributed by atoms with van der Waals surface area (Å²) in [7, 11) is 0. The van der Waals surface area contributed by atoms with E-state index in [9.17, 15) is 20.1 Å². The Bertz CT molecular complexity index is 765. The SMILES string of the molecule is CCCCCC(=O)N[C@H]1C[C@@H]2[C@H](CC[C@]3(C)[C@@H](O)[C@H](O)C[C@@H]23)c2ccc(O)cc21. The predicted octanol–water partition coefficient (Wildman–Crippen LogP) is 3.78. The van der Waals surface area contributed by atoms with Gasteiger partial charge in [-0.2, -0.15) is 0 Å². The maximum absolute atomic E-state index is 12.6. The molecule has 0 saturated heterocycles. The number of phenolic OH excluding ortho intramolecular Hbond substituents is 1. The number of aliphatic hydroxyl groups is 2. The first kappa shape index (κ1) is 20.7. The molecular formula is C24H35NO4. The Hall–Kier alpha value is -1.59. The molecule has 0 aliphatic heterocycles. The minimum Gasteiger partial charge on any atom is -0.508 e. The van der Waals surface area contributed by atoms with Crippen LogP contribution in [0, 0.1) is 17.3 Å². The average molecular weight is 402 g/mol. The van der Waals surface area contributed by atoms with Gasteiger partial charge in [0.2, 0.25) is 5.91 Å². The van der Waals surface area contributed by atoms with Crippen molar-refractivity contribution in [3.8, 4) is 5.75 Å². The van der Waals surface area contributed by atoms with Crippen molar-refractivity contribution >= 4 is 5.91 Å². The summed E-state index contributed by atoms with van der Waals surface area (Å²) in [6.07, 6.45) is 5.53. The molecule has 0 heterocycles. The van der Waals surface area contributed by atoms with Crippen LogP contribution in [-0.2, 0) is 4.79 Å². The molecule has 1 amide bonds. The smallest absolute Gasteiger partial charge is 0.220 e. The van der Waals surface area contributed by atoms with Gasteiger partial charge in [0.25, 0.3) is 0 Å². The number of aromatic hydroxyl groups is 1. The van der Waals surface area contributed by atoms with Gasteiger partial charge in [-0.05, 0) is 78.5 Å². The number of hydrogen-bond acceptors (Lipinski definition) is 4. The molecule has 0 radical (unpaired) electrons. The summed E-state index contributed by atoms with van der Waals surface area (Å²) < 4.78 is 0. The van der Waals surface area contributed by atoms with Crippen molar-refractivity contribution in [1.82, 2.24) is 5.32 Å². The van der Waals surface area contributed by atoms with E-state index in [4.69, 9.17) is 0 Å². The fourth-order valence-corrected chi connectivity index (χ4v) is 6.53. The lowest BCUT2D eigenvalue weighted by atomic mass is 9.54. The molecule has 1 aromatic rings. The van der Waals surface area contributed by atoms with Crippen molar-refractivity contribution in [3.05, 3.63) is 29.3 Å². The van der Waals surface area contributed by atoms with Gasteiger partial charge in [-0.15, -0.1) is 0 Å². The molecule has 4 rings (SSSR count). The van der Waals surface area contributed by atoms with Crippen molar-refractivity contribution in [3.63, 3.8) is 0 Å². The highest BCUT2D eigenvalue weighted by atomic mass is 16.3. The van der Waals surface area contributed by atoms with Crippen LogP contribution in [-0.4, -0.2) is 33.4 Å². The normalized spacial score (nSPS) is 38.1. The lowest BCUT2D eigenvalue weighted by molar-refractivity contribution is -0.122. The Kier molecular flexibility index (Phi) is 5.64. The summed E-state index contributed by atoms with van der Waals surface area (Å²) >= 11 is 0. The minimum absolute atomic E-state index is 0.0706. The van der Waals surface area contributed by atoms with E-state index < -0.39 is 12.2 Å². The van der Waals surface area contributed by atoms with Crippen molar-refractivity contribution in [1.29, 1.82) is 0 Å². The molecule has 0 aromatic heterocycles. The fourth-order valence-electron chi connectivity index (χ4n) is 6.53. The molecule has 0 unspecified atom stereocenters. The third kappa shape index (κ3) is 3.57. The molecule has 3 aliphatic carbocycles. The van der Waals surface area contributed by atoms with Crippen LogP contribution in [0.25, 0.3) is 0 Å². The molecule has 160 valence electrons. The van der Waals surface area contributed by atoms with E-state index in [1.807, 2.05) is 12.1 Å². The third-order valence-electron chi connectivity index (χ3n) is 8.11. The zero-order chi connectivity index (χ0) is 20.8. The molecule has 1 aromatic carbocycles. The van der Waals surface area contributed by atoms with Crippen LogP contribution >= 0.6 is 0 Å². The molecule has 2 fully saturated rings. The number of benzene rings is 1. The van der Waals surface area contributed by atoms with Gasteiger partial charge in [0.05, 0.1) is 18.2 Å². The van der Waals surface area contributed by atoms with E-state index in [-0.39, 0.29) is 29.0 Å². The number of carbonyl (C=O) groups excluding carboxylic acids is 1. The fraction of sp³-hybridized carbons (Fsp3) is 0.708. The van der Waals surface area contributed by atoms with Crippen LogP contribution in [0.2, 0.25) is 0 Å². The summed E-state index contributed by atoms with van der Waals surface area (Å²) in [6.45, 7) is 4.25. The number of aliphatic hydroxyl groups excluding tert-OH is 2. The van der Waals surface area contributed by atoms with Gasteiger partial charge in [0, 0.05) is 6.42 Å². The summed E-state index contributed by atoms with van der Waals surface area (Å²) in [6, 6.07) is 5.45. The highest BCUT2D eigenvalue weighted by molar-refractivity contribution is 5.76. The van der Waals surface area contributed by atoms with Crippen molar-refractivity contribution in [2.45, 2.75) is 89.4 Å². The van der Waals surface area contributed by atoms with Gasteiger partial charge < -0.3 is 20.6 Å². The molecule has 29 heavy (non-hydrogen) atoms. The quantitative estimate of drug-likeness (QED) is 0.565. The molecular weight excluding hydrogens is 366 g/mol. The van der Waals surface area contributed by atoms with Crippen LogP contribution in [0.1, 0.15) is 88.3 Å². The van der Waals surface area contributed by atoms with E-state index in [0.717, 1.165) is 44.1 Å². The molecule has 4 N–H and O–H groups in total. The van der Waals surface area contributed by atoms with Crippen LogP contribution in [0.5, 0.6) is 5.75 Å². The lowest BCUT2D eigenvalue weighted by Crippen LogP contribution is -2.46. The minimum atomic E-state index is -0.670. The largest absolute Gasteiger partial charge is 0.508 e. The number of amides is 1. The van der Waals surface area contributed by atoms with E-state index in [0.29, 0.717) is 24.7 Å². The van der Waals surface area contributed by atoms with Gasteiger partial charge in [-0.1, -0.05) is 32.8 Å². The molecule has 0 spiro atoms. The van der Waals surface area contributed by atoms with Crippen LogP contribution in [0.4, 0.5) is 0 Å². The Morgan fingerprint density at radius 1 is 1.21 bits per heavy atom. The van der Waals surface area contributed by atoms with E-state index in [2.05, 4.69) is 19.2 Å². The second-order valence-corrected chi connectivity index (χ2v) is 9.80. The number of hydrogen-bond donors (Lipinski definition) is 4. The van der Waals surface area contributed by atoms with Crippen molar-refractivity contribution < 1.29 is 20.1 Å². The molecule has 2 saturated carbocycles. The lowest BCUT2D eigenvalue weighted by Gasteiger charge is -2.51. The van der Waals surface area contributed by atoms with Gasteiger partial charge >= 0.3 is 0 Å². The molecule has 3 aliphatic rings. The highest BCUT2D eigenvalue weighted by Crippen LogP contribution is 2.62. The Morgan fingerprint density at radius 3 is 2.76 bits per heavy atom. The third-order valence-corrected chi connectivity index (χ3v) is 8.11. The zero-order valence-corrected chi connectivity index (χ0v) is 17.6. The molecule has 0 bridgehead atoms. The number of unbranched alkanes of at least 4 members (excludes halogenated alkanes) is 2.